The molecule has 0 saturated heterocycles. The minimum atomic E-state index is -0.609. The standard InChI is InChI=1S/C29H18N4O4S2/c30-16-21(26(34)31-17-20-9-6-14-36-20)29-33(18-7-2-1-3-8-18)28(35)25(39-29)15-19-12-13-23(37-19)27-32-22-10-4-5-11-24(22)38-27/h1-15H,17H2,(H,31,34)/b25-15-,29-21-. The molecule has 0 saturated carbocycles. The van der Waals surface area contributed by atoms with E-state index in [1.807, 2.05) is 42.5 Å². The third-order valence-electron chi connectivity index (χ3n) is 5.80. The topological polar surface area (TPSA) is 114 Å². The number of furan rings is 2. The number of nitriles is 1. The maximum absolute atomic E-state index is 13.6. The van der Waals surface area contributed by atoms with Gasteiger partial charge < -0.3 is 14.2 Å². The Hall–Kier alpha value is -4.98. The molecular weight excluding hydrogens is 532 g/mol. The van der Waals surface area contributed by atoms with Crippen molar-refractivity contribution in [3.8, 4) is 22.5 Å². The van der Waals surface area contributed by atoms with Crippen molar-refractivity contribution in [1.82, 2.24) is 14.9 Å². The van der Waals surface area contributed by atoms with Gasteiger partial charge in [-0.05, 0) is 48.5 Å². The number of benzene rings is 2. The minimum absolute atomic E-state index is 0.109. The lowest BCUT2D eigenvalue weighted by Gasteiger charge is -2.04. The lowest BCUT2D eigenvalue weighted by atomic mass is 10.2. The zero-order valence-corrected chi connectivity index (χ0v) is 21.8. The molecule has 0 atom stereocenters. The quantitative estimate of drug-likeness (QED) is 0.333. The molecule has 1 N–H and O–H groups in total. The second-order valence-electron chi connectivity index (χ2n) is 8.33. The maximum atomic E-state index is 13.6. The van der Waals surface area contributed by atoms with Gasteiger partial charge in [0, 0.05) is 6.08 Å². The van der Waals surface area contributed by atoms with E-state index < -0.39 is 5.91 Å². The van der Waals surface area contributed by atoms with Crippen LogP contribution < -0.4 is 20.1 Å². The van der Waals surface area contributed by atoms with E-state index in [1.54, 1.807) is 48.5 Å². The average Bonchev–Trinajstić information content (AvgIpc) is 3.76. The van der Waals surface area contributed by atoms with E-state index in [1.165, 1.54) is 22.2 Å². The molecule has 2 aromatic carbocycles. The molecule has 1 amide bonds. The van der Waals surface area contributed by atoms with Crippen LogP contribution >= 0.6 is 22.7 Å². The van der Waals surface area contributed by atoms with E-state index in [-0.39, 0.29) is 22.3 Å². The van der Waals surface area contributed by atoms with Crippen LogP contribution in [0.15, 0.2) is 98.8 Å². The number of hydrogen-bond acceptors (Lipinski definition) is 8. The summed E-state index contributed by atoms with van der Waals surface area (Å²) in [5.41, 5.74) is 0.875. The van der Waals surface area contributed by atoms with Crippen LogP contribution in [-0.4, -0.2) is 15.5 Å². The molecule has 0 aliphatic carbocycles. The zero-order valence-electron chi connectivity index (χ0n) is 20.2. The Morgan fingerprint density at radius 2 is 1.85 bits per heavy atom. The number of amides is 1. The fourth-order valence-corrected chi connectivity index (χ4v) is 5.99. The Balaban J connectivity index is 1.45. The van der Waals surface area contributed by atoms with Gasteiger partial charge in [0.15, 0.2) is 16.3 Å². The van der Waals surface area contributed by atoms with Gasteiger partial charge in [0.05, 0.1) is 33.2 Å². The number of nitrogens with zero attached hydrogens (tertiary/aromatic N) is 3. The minimum Gasteiger partial charge on any atom is -0.467 e. The van der Waals surface area contributed by atoms with Gasteiger partial charge >= 0.3 is 0 Å². The second-order valence-corrected chi connectivity index (χ2v) is 10.4. The summed E-state index contributed by atoms with van der Waals surface area (Å²) < 4.78 is 14.2. The molecule has 10 heteroatoms. The molecule has 0 spiro atoms. The Labute approximate surface area is 229 Å². The molecule has 8 nitrogen and oxygen atoms in total. The van der Waals surface area contributed by atoms with Crippen molar-refractivity contribution >= 4 is 50.4 Å². The first-order valence-corrected chi connectivity index (χ1v) is 13.4. The van der Waals surface area contributed by atoms with Gasteiger partial charge in [-0.25, -0.2) is 4.98 Å². The number of carbonyl (C=O) groups is 1. The van der Waals surface area contributed by atoms with Crippen LogP contribution in [0.1, 0.15) is 11.5 Å². The fourth-order valence-electron chi connectivity index (χ4n) is 3.98. The second kappa shape index (κ2) is 10.4. The molecule has 0 aliphatic heterocycles. The van der Waals surface area contributed by atoms with Crippen LogP contribution in [0.25, 0.3) is 38.3 Å². The van der Waals surface area contributed by atoms with Crippen molar-refractivity contribution in [2.24, 2.45) is 0 Å². The highest BCUT2D eigenvalue weighted by Crippen LogP contribution is 2.31. The number of aromatic nitrogens is 2. The Morgan fingerprint density at radius 1 is 1.03 bits per heavy atom. The van der Waals surface area contributed by atoms with Crippen molar-refractivity contribution in [1.29, 1.82) is 5.26 Å². The molecule has 190 valence electrons. The molecule has 6 rings (SSSR count). The summed E-state index contributed by atoms with van der Waals surface area (Å²) in [5.74, 6) is 0.977. The first-order chi connectivity index (χ1) is 19.1. The van der Waals surface area contributed by atoms with Crippen LogP contribution in [0.2, 0.25) is 0 Å². The van der Waals surface area contributed by atoms with Crippen molar-refractivity contribution in [3.63, 3.8) is 0 Å². The number of thiazole rings is 2. The molecule has 4 aromatic heterocycles. The van der Waals surface area contributed by atoms with Crippen molar-refractivity contribution < 1.29 is 13.6 Å². The zero-order chi connectivity index (χ0) is 26.8. The molecule has 4 heterocycles. The molecule has 39 heavy (non-hydrogen) atoms. The average molecular weight is 551 g/mol. The first kappa shape index (κ1) is 24.4. The van der Waals surface area contributed by atoms with Crippen molar-refractivity contribution in [2.45, 2.75) is 6.54 Å². The predicted molar refractivity (Wildman–Crippen MR) is 150 cm³/mol. The van der Waals surface area contributed by atoms with E-state index in [9.17, 15) is 14.9 Å². The monoisotopic (exact) mass is 550 g/mol. The van der Waals surface area contributed by atoms with E-state index in [2.05, 4.69) is 10.3 Å². The van der Waals surface area contributed by atoms with Gasteiger partial charge in [0.25, 0.3) is 11.5 Å². The molecule has 0 bridgehead atoms. The Bertz CT molecular complexity index is 1990. The summed E-state index contributed by atoms with van der Waals surface area (Å²) in [6.07, 6.45) is 3.12. The number of para-hydroxylation sites is 2. The molecule has 0 radical (unpaired) electrons. The van der Waals surface area contributed by atoms with Crippen molar-refractivity contribution in [2.75, 3.05) is 0 Å². The number of hydrogen-bond donors (Lipinski definition) is 1. The van der Waals surface area contributed by atoms with Gasteiger partial charge in [0.1, 0.15) is 22.3 Å². The third kappa shape index (κ3) is 4.84. The molecule has 0 unspecified atom stereocenters. The Morgan fingerprint density at radius 3 is 2.62 bits per heavy atom. The normalized spacial score (nSPS) is 12.4. The smallest absolute Gasteiger partial charge is 0.273 e. The lowest BCUT2D eigenvalue weighted by molar-refractivity contribution is -0.115. The molecule has 0 aliphatic rings. The number of rotatable bonds is 6. The van der Waals surface area contributed by atoms with Crippen LogP contribution in [0.5, 0.6) is 0 Å². The fraction of sp³-hybridized carbons (Fsp3) is 0.0345. The van der Waals surface area contributed by atoms with Crippen LogP contribution in [0, 0.1) is 11.3 Å². The summed E-state index contributed by atoms with van der Waals surface area (Å²) in [6, 6.07) is 25.7. The van der Waals surface area contributed by atoms with Crippen molar-refractivity contribution in [3.05, 3.63) is 116 Å². The van der Waals surface area contributed by atoms with Gasteiger partial charge in [-0.1, -0.05) is 30.3 Å². The van der Waals surface area contributed by atoms with Gasteiger partial charge in [-0.2, -0.15) is 5.26 Å². The van der Waals surface area contributed by atoms with E-state index in [0.717, 1.165) is 26.6 Å². The summed E-state index contributed by atoms with van der Waals surface area (Å²) >= 11 is 2.57. The van der Waals surface area contributed by atoms with Gasteiger partial charge in [-0.15, -0.1) is 22.7 Å². The highest BCUT2D eigenvalue weighted by molar-refractivity contribution is 7.21. The highest BCUT2D eigenvalue weighted by Gasteiger charge is 2.18. The molecular formula is C29H18N4O4S2. The van der Waals surface area contributed by atoms with Crippen LogP contribution in [-0.2, 0) is 11.3 Å². The van der Waals surface area contributed by atoms with Gasteiger partial charge in [-0.3, -0.25) is 14.2 Å². The largest absolute Gasteiger partial charge is 0.467 e. The van der Waals surface area contributed by atoms with Crippen LogP contribution in [0.3, 0.4) is 0 Å². The number of nitrogens with one attached hydrogen (secondary N) is 1. The predicted octanol–water partition coefficient (Wildman–Crippen LogP) is 4.18. The lowest BCUT2D eigenvalue weighted by Crippen LogP contribution is -2.33. The number of fused-ring (bicyclic) bond motifs is 1. The summed E-state index contributed by atoms with van der Waals surface area (Å²) in [7, 11) is 0. The summed E-state index contributed by atoms with van der Waals surface area (Å²) in [5, 5.41) is 13.4. The summed E-state index contributed by atoms with van der Waals surface area (Å²) in [6.45, 7) is 0.109. The van der Waals surface area contributed by atoms with Crippen LogP contribution in [0.4, 0.5) is 0 Å². The molecule has 0 fully saturated rings. The highest BCUT2D eigenvalue weighted by atomic mass is 32.1. The number of carbonyl (C=O) groups excluding carboxylic acids is 1. The van der Waals surface area contributed by atoms with Gasteiger partial charge in [0.2, 0.25) is 0 Å². The van der Waals surface area contributed by atoms with E-state index in [0.29, 0.717) is 27.5 Å². The third-order valence-corrected chi connectivity index (χ3v) is 7.94. The SMILES string of the molecule is N#C/C(C(=O)NCc1ccco1)=c1/s/c(=C\c2ccc(-c3nc4ccccc4s3)o2)c(=O)n1-c1ccccc1. The first-order valence-electron chi connectivity index (χ1n) is 11.8. The molecule has 6 aromatic rings. The van der Waals surface area contributed by atoms with E-state index in [4.69, 9.17) is 8.83 Å². The maximum Gasteiger partial charge on any atom is 0.273 e. The Kier molecular flexibility index (Phi) is 6.50. The summed E-state index contributed by atoms with van der Waals surface area (Å²) in [4.78, 5) is 31.2. The van der Waals surface area contributed by atoms with E-state index >= 15 is 0 Å².